The molecule has 0 unspecified atom stereocenters. The lowest BCUT2D eigenvalue weighted by Crippen LogP contribution is -2.13. The summed E-state index contributed by atoms with van der Waals surface area (Å²) in [6, 6.07) is 10.3. The number of halogens is 1. The lowest BCUT2D eigenvalue weighted by Gasteiger charge is -2.11. The Bertz CT molecular complexity index is 803. The lowest BCUT2D eigenvalue weighted by molar-refractivity contribution is 0.601. The average Bonchev–Trinajstić information content (AvgIpc) is 2.89. The van der Waals surface area contributed by atoms with Crippen LogP contribution in [0.25, 0.3) is 0 Å². The van der Waals surface area contributed by atoms with Gasteiger partial charge in [0.25, 0.3) is 10.0 Å². The van der Waals surface area contributed by atoms with Crippen LogP contribution in [0, 0.1) is 0 Å². The van der Waals surface area contributed by atoms with E-state index >= 15 is 0 Å². The van der Waals surface area contributed by atoms with E-state index in [9.17, 15) is 8.42 Å². The van der Waals surface area contributed by atoms with Crippen LogP contribution < -0.4 is 10.5 Å². The Hall–Kier alpha value is -1.53. The van der Waals surface area contributed by atoms with Gasteiger partial charge in [-0.1, -0.05) is 6.07 Å². The van der Waals surface area contributed by atoms with Crippen LogP contribution in [0.4, 0.5) is 11.4 Å². The largest absolute Gasteiger partial charge is 0.399 e. The Kier molecular flexibility index (Phi) is 3.67. The number of nitrogens with two attached hydrogens (primary N) is 1. The normalized spacial score (nSPS) is 14.0. The summed E-state index contributed by atoms with van der Waals surface area (Å²) in [5.41, 5.74) is 9.09. The number of rotatable bonds is 3. The first-order valence-corrected chi connectivity index (χ1v) is 8.93. The van der Waals surface area contributed by atoms with Gasteiger partial charge in [-0.2, -0.15) is 0 Å². The molecule has 0 spiro atoms. The number of anilines is 2. The van der Waals surface area contributed by atoms with E-state index < -0.39 is 10.0 Å². The summed E-state index contributed by atoms with van der Waals surface area (Å²) in [4.78, 5) is 0.298. The third kappa shape index (κ3) is 2.91. The summed E-state index contributed by atoms with van der Waals surface area (Å²) in [5.74, 6) is 0. The van der Waals surface area contributed by atoms with Gasteiger partial charge in [0, 0.05) is 10.2 Å². The molecule has 0 radical (unpaired) electrons. The van der Waals surface area contributed by atoms with Crippen molar-refractivity contribution in [3.05, 3.63) is 52.0 Å². The second kappa shape index (κ2) is 5.35. The third-order valence-electron chi connectivity index (χ3n) is 3.62. The van der Waals surface area contributed by atoms with Crippen LogP contribution >= 0.6 is 15.9 Å². The summed E-state index contributed by atoms with van der Waals surface area (Å²) >= 11 is 3.32. The Morgan fingerprint density at radius 2 is 1.81 bits per heavy atom. The molecule has 0 saturated heterocycles. The molecule has 0 amide bonds. The summed E-state index contributed by atoms with van der Waals surface area (Å²) in [5, 5.41) is 0. The molecule has 0 atom stereocenters. The highest BCUT2D eigenvalue weighted by Crippen LogP contribution is 2.29. The van der Waals surface area contributed by atoms with Crippen molar-refractivity contribution in [2.75, 3.05) is 10.5 Å². The van der Waals surface area contributed by atoms with Crippen LogP contribution in [0.5, 0.6) is 0 Å². The van der Waals surface area contributed by atoms with Gasteiger partial charge < -0.3 is 5.73 Å². The van der Waals surface area contributed by atoms with Gasteiger partial charge >= 0.3 is 0 Å². The molecule has 0 aliphatic heterocycles. The molecule has 0 aromatic heterocycles. The Balaban J connectivity index is 1.93. The summed E-state index contributed by atoms with van der Waals surface area (Å²) < 4.78 is 28.2. The molecule has 0 saturated carbocycles. The van der Waals surface area contributed by atoms with Crippen LogP contribution in [-0.2, 0) is 22.9 Å². The number of aryl methyl sites for hydroxylation is 2. The average molecular weight is 367 g/mol. The lowest BCUT2D eigenvalue weighted by atomic mass is 10.1. The quantitative estimate of drug-likeness (QED) is 0.818. The predicted molar refractivity (Wildman–Crippen MR) is 87.8 cm³/mol. The molecule has 2 aromatic carbocycles. The highest BCUT2D eigenvalue weighted by atomic mass is 79.9. The summed E-state index contributed by atoms with van der Waals surface area (Å²) in [6.45, 7) is 0. The molecule has 3 rings (SSSR count). The van der Waals surface area contributed by atoms with Crippen molar-refractivity contribution in [1.82, 2.24) is 0 Å². The van der Waals surface area contributed by atoms with Gasteiger partial charge in [-0.05, 0) is 76.7 Å². The van der Waals surface area contributed by atoms with Crippen LogP contribution in [-0.4, -0.2) is 8.42 Å². The zero-order chi connectivity index (χ0) is 15.0. The Morgan fingerprint density at radius 3 is 2.57 bits per heavy atom. The molecule has 0 fully saturated rings. The fourth-order valence-corrected chi connectivity index (χ4v) is 4.29. The van der Waals surface area contributed by atoms with Crippen LogP contribution in [0.1, 0.15) is 17.5 Å². The van der Waals surface area contributed by atoms with Crippen molar-refractivity contribution in [2.45, 2.75) is 24.2 Å². The van der Waals surface area contributed by atoms with E-state index in [0.717, 1.165) is 24.8 Å². The summed E-state index contributed by atoms with van der Waals surface area (Å²) in [6.07, 6.45) is 3.08. The number of hydrogen-bond donors (Lipinski definition) is 2. The highest BCUT2D eigenvalue weighted by Gasteiger charge is 2.19. The van der Waals surface area contributed by atoms with Gasteiger partial charge in [0.1, 0.15) is 0 Å². The molecule has 1 aliphatic rings. The maximum absolute atomic E-state index is 12.5. The van der Waals surface area contributed by atoms with E-state index in [1.807, 2.05) is 6.07 Å². The van der Waals surface area contributed by atoms with Crippen molar-refractivity contribution in [2.24, 2.45) is 0 Å². The second-order valence-electron chi connectivity index (χ2n) is 5.13. The molecule has 4 nitrogen and oxygen atoms in total. The minimum Gasteiger partial charge on any atom is -0.399 e. The molecular formula is C15H15BrN2O2S. The van der Waals surface area contributed by atoms with E-state index in [0.29, 0.717) is 20.7 Å². The Morgan fingerprint density at radius 1 is 1.05 bits per heavy atom. The zero-order valence-electron chi connectivity index (χ0n) is 11.3. The number of nitrogens with one attached hydrogen (secondary N) is 1. The van der Waals surface area contributed by atoms with Crippen molar-refractivity contribution < 1.29 is 8.42 Å². The molecule has 21 heavy (non-hydrogen) atoms. The number of sulfonamides is 1. The first-order valence-electron chi connectivity index (χ1n) is 6.65. The molecule has 3 N–H and O–H groups in total. The summed E-state index contributed by atoms with van der Waals surface area (Å²) in [7, 11) is -3.59. The van der Waals surface area contributed by atoms with Gasteiger partial charge in [0.2, 0.25) is 0 Å². The first-order chi connectivity index (χ1) is 9.95. The monoisotopic (exact) mass is 366 g/mol. The SMILES string of the molecule is Nc1ccc(NS(=O)(=O)c2ccc3c(c2)CCC3)c(Br)c1. The standard InChI is InChI=1S/C15H15BrN2O2S/c16-14-9-12(17)5-7-15(14)18-21(19,20)13-6-4-10-2-1-3-11(10)8-13/h4-9,18H,1-3,17H2. The second-order valence-corrected chi connectivity index (χ2v) is 7.67. The van der Waals surface area contributed by atoms with Gasteiger partial charge in [0.05, 0.1) is 10.6 Å². The predicted octanol–water partition coefficient (Wildman–Crippen LogP) is 3.32. The van der Waals surface area contributed by atoms with Crippen LogP contribution in [0.3, 0.4) is 0 Å². The number of nitrogen functional groups attached to an aromatic ring is 1. The fraction of sp³-hybridized carbons (Fsp3) is 0.200. The zero-order valence-corrected chi connectivity index (χ0v) is 13.7. The maximum Gasteiger partial charge on any atom is 0.261 e. The molecule has 0 bridgehead atoms. The maximum atomic E-state index is 12.5. The minimum absolute atomic E-state index is 0.298. The van der Waals surface area contributed by atoms with E-state index in [2.05, 4.69) is 20.7 Å². The smallest absolute Gasteiger partial charge is 0.261 e. The van der Waals surface area contributed by atoms with Gasteiger partial charge in [-0.3, -0.25) is 4.72 Å². The molecule has 110 valence electrons. The van der Waals surface area contributed by atoms with Gasteiger partial charge in [-0.15, -0.1) is 0 Å². The van der Waals surface area contributed by atoms with E-state index in [1.165, 1.54) is 5.56 Å². The van der Waals surface area contributed by atoms with E-state index in [4.69, 9.17) is 5.73 Å². The molecular weight excluding hydrogens is 352 g/mol. The Labute approximate surface area is 132 Å². The topological polar surface area (TPSA) is 72.2 Å². The van der Waals surface area contributed by atoms with E-state index in [1.54, 1.807) is 30.3 Å². The van der Waals surface area contributed by atoms with Crippen LogP contribution in [0.2, 0.25) is 0 Å². The molecule has 2 aromatic rings. The van der Waals surface area contributed by atoms with Crippen molar-refractivity contribution in [1.29, 1.82) is 0 Å². The van der Waals surface area contributed by atoms with E-state index in [-0.39, 0.29) is 0 Å². The van der Waals surface area contributed by atoms with Crippen molar-refractivity contribution >= 4 is 37.3 Å². The third-order valence-corrected chi connectivity index (χ3v) is 5.64. The molecule has 1 aliphatic carbocycles. The number of hydrogen-bond acceptors (Lipinski definition) is 3. The number of benzene rings is 2. The minimum atomic E-state index is -3.59. The first kappa shape index (κ1) is 14.4. The van der Waals surface area contributed by atoms with Gasteiger partial charge in [-0.25, -0.2) is 8.42 Å². The number of fused-ring (bicyclic) bond motifs is 1. The van der Waals surface area contributed by atoms with Crippen molar-refractivity contribution in [3.8, 4) is 0 Å². The molecule has 6 heteroatoms. The van der Waals surface area contributed by atoms with Gasteiger partial charge in [0.15, 0.2) is 0 Å². The van der Waals surface area contributed by atoms with Crippen LogP contribution in [0.15, 0.2) is 45.8 Å². The fourth-order valence-electron chi connectivity index (χ4n) is 2.53. The highest BCUT2D eigenvalue weighted by molar-refractivity contribution is 9.10. The molecule has 0 heterocycles. The van der Waals surface area contributed by atoms with Crippen molar-refractivity contribution in [3.63, 3.8) is 0 Å².